The monoisotopic (exact) mass is 355 g/mol. The largest absolute Gasteiger partial charge is 0.384 e. The van der Waals surface area contributed by atoms with Crippen LogP contribution in [0.5, 0.6) is 0 Å². The second-order valence-electron chi connectivity index (χ2n) is 4.38. The van der Waals surface area contributed by atoms with Crippen LogP contribution < -0.4 is 5.73 Å². The van der Waals surface area contributed by atoms with E-state index >= 15 is 0 Å². The van der Waals surface area contributed by atoms with E-state index in [1.807, 2.05) is 11.6 Å². The summed E-state index contributed by atoms with van der Waals surface area (Å²) in [6, 6.07) is 1.77. The van der Waals surface area contributed by atoms with Crippen LogP contribution in [0.15, 0.2) is 15.7 Å². The van der Waals surface area contributed by atoms with Gasteiger partial charge in [-0.05, 0) is 36.2 Å². The van der Waals surface area contributed by atoms with Crippen LogP contribution in [-0.4, -0.2) is 19.7 Å². The molecule has 5 nitrogen and oxygen atoms in total. The number of aromatic nitrogens is 4. The van der Waals surface area contributed by atoms with Crippen LogP contribution >= 0.6 is 27.7 Å². The van der Waals surface area contributed by atoms with Crippen molar-refractivity contribution >= 4 is 33.5 Å². The van der Waals surface area contributed by atoms with E-state index in [2.05, 4.69) is 44.8 Å². The predicted molar refractivity (Wildman–Crippen MR) is 85.7 cm³/mol. The maximum absolute atomic E-state index is 5.75. The molecule has 0 aliphatic heterocycles. The summed E-state index contributed by atoms with van der Waals surface area (Å²) in [5.74, 6) is 1.28. The standard InChI is InChI=1S/C13H18BrN5S/c1-4-9-12(14)10(19(5-2)18-9)7-20-13-16-8(3)6-11(15)17-13/h6H,4-5,7H2,1-3H3,(H2,15,16,17). The van der Waals surface area contributed by atoms with Crippen molar-refractivity contribution in [2.75, 3.05) is 5.73 Å². The van der Waals surface area contributed by atoms with E-state index in [1.165, 1.54) is 0 Å². The van der Waals surface area contributed by atoms with Crippen LogP contribution in [0.3, 0.4) is 0 Å². The molecular formula is C13H18BrN5S. The molecule has 0 bridgehead atoms. The number of nitrogens with zero attached hydrogens (tertiary/aromatic N) is 4. The van der Waals surface area contributed by atoms with Gasteiger partial charge in [-0.1, -0.05) is 18.7 Å². The molecule has 7 heteroatoms. The molecule has 0 saturated heterocycles. The van der Waals surface area contributed by atoms with E-state index in [9.17, 15) is 0 Å². The zero-order valence-corrected chi connectivity index (χ0v) is 14.3. The minimum absolute atomic E-state index is 0.511. The quantitative estimate of drug-likeness (QED) is 0.658. The second kappa shape index (κ2) is 6.58. The third kappa shape index (κ3) is 3.32. The van der Waals surface area contributed by atoms with E-state index < -0.39 is 0 Å². The first-order chi connectivity index (χ1) is 9.55. The summed E-state index contributed by atoms with van der Waals surface area (Å²) in [6.45, 7) is 6.97. The predicted octanol–water partition coefficient (Wildman–Crippen LogP) is 3.20. The summed E-state index contributed by atoms with van der Waals surface area (Å²) in [6.07, 6.45) is 0.916. The Bertz CT molecular complexity index is 591. The third-order valence-electron chi connectivity index (χ3n) is 2.89. The lowest BCUT2D eigenvalue weighted by Gasteiger charge is -2.05. The molecule has 20 heavy (non-hydrogen) atoms. The molecule has 0 atom stereocenters. The highest BCUT2D eigenvalue weighted by molar-refractivity contribution is 9.10. The van der Waals surface area contributed by atoms with Crippen molar-refractivity contribution in [1.82, 2.24) is 19.7 Å². The second-order valence-corrected chi connectivity index (χ2v) is 6.12. The van der Waals surface area contributed by atoms with Gasteiger partial charge in [0.1, 0.15) is 5.82 Å². The molecule has 108 valence electrons. The van der Waals surface area contributed by atoms with Crippen LogP contribution in [0, 0.1) is 6.92 Å². The lowest BCUT2D eigenvalue weighted by molar-refractivity contribution is 0.627. The van der Waals surface area contributed by atoms with Gasteiger partial charge in [0.15, 0.2) is 5.16 Å². The van der Waals surface area contributed by atoms with Gasteiger partial charge in [-0.3, -0.25) is 4.68 Å². The number of hydrogen-bond acceptors (Lipinski definition) is 5. The molecule has 0 radical (unpaired) electrons. The summed E-state index contributed by atoms with van der Waals surface area (Å²) in [5, 5.41) is 5.29. The van der Waals surface area contributed by atoms with Crippen molar-refractivity contribution in [1.29, 1.82) is 0 Å². The Labute approximate surface area is 131 Å². The molecule has 0 unspecified atom stereocenters. The topological polar surface area (TPSA) is 69.6 Å². The summed E-state index contributed by atoms with van der Waals surface area (Å²) >= 11 is 5.22. The van der Waals surface area contributed by atoms with Crippen LogP contribution in [0.25, 0.3) is 0 Å². The van der Waals surface area contributed by atoms with Crippen molar-refractivity contribution in [3.63, 3.8) is 0 Å². The molecule has 2 N–H and O–H groups in total. The van der Waals surface area contributed by atoms with Gasteiger partial charge in [0.25, 0.3) is 0 Å². The Hall–Kier alpha value is -1.08. The van der Waals surface area contributed by atoms with Crippen LogP contribution in [0.1, 0.15) is 30.9 Å². The lowest BCUT2D eigenvalue weighted by Crippen LogP contribution is -2.03. The van der Waals surface area contributed by atoms with E-state index in [1.54, 1.807) is 17.8 Å². The van der Waals surface area contributed by atoms with E-state index in [0.29, 0.717) is 11.0 Å². The highest BCUT2D eigenvalue weighted by Gasteiger charge is 2.14. The van der Waals surface area contributed by atoms with Gasteiger partial charge >= 0.3 is 0 Å². The van der Waals surface area contributed by atoms with E-state index in [-0.39, 0.29) is 0 Å². The Kier molecular flexibility index (Phi) is 5.04. The van der Waals surface area contributed by atoms with Crippen molar-refractivity contribution in [3.05, 3.63) is 27.6 Å². The summed E-state index contributed by atoms with van der Waals surface area (Å²) in [5.41, 5.74) is 8.89. The van der Waals surface area contributed by atoms with Crippen molar-refractivity contribution < 1.29 is 0 Å². The molecule has 2 aromatic heterocycles. The SMILES string of the molecule is CCc1nn(CC)c(CSc2nc(C)cc(N)n2)c1Br. The van der Waals surface area contributed by atoms with Gasteiger partial charge in [0.2, 0.25) is 0 Å². The number of thioether (sulfide) groups is 1. The molecule has 2 heterocycles. The molecule has 0 aliphatic rings. The first-order valence-corrected chi connectivity index (χ1v) is 8.31. The molecular weight excluding hydrogens is 338 g/mol. The van der Waals surface area contributed by atoms with Crippen molar-refractivity contribution in [3.8, 4) is 0 Å². The Morgan fingerprint density at radius 2 is 2.10 bits per heavy atom. The Balaban J connectivity index is 2.20. The fraction of sp³-hybridized carbons (Fsp3) is 0.462. The molecule has 0 fully saturated rings. The molecule has 0 aromatic carbocycles. The molecule has 2 rings (SSSR count). The lowest BCUT2D eigenvalue weighted by atomic mass is 10.3. The molecule has 0 amide bonds. The number of anilines is 1. The Morgan fingerprint density at radius 3 is 2.70 bits per heavy atom. The Morgan fingerprint density at radius 1 is 1.35 bits per heavy atom. The van der Waals surface area contributed by atoms with Gasteiger partial charge in [-0.2, -0.15) is 5.10 Å². The van der Waals surface area contributed by atoms with E-state index in [4.69, 9.17) is 5.73 Å². The van der Waals surface area contributed by atoms with E-state index in [0.717, 1.165) is 40.3 Å². The van der Waals surface area contributed by atoms with Gasteiger partial charge in [-0.25, -0.2) is 9.97 Å². The first kappa shape index (κ1) is 15.3. The van der Waals surface area contributed by atoms with Crippen molar-refractivity contribution in [2.24, 2.45) is 0 Å². The number of aryl methyl sites for hydroxylation is 3. The fourth-order valence-corrected chi connectivity index (χ4v) is 3.75. The maximum atomic E-state index is 5.75. The molecule has 2 aromatic rings. The summed E-state index contributed by atoms with van der Waals surface area (Å²) in [4.78, 5) is 8.63. The third-order valence-corrected chi connectivity index (χ3v) is 4.66. The normalized spacial score (nSPS) is 11.0. The fourth-order valence-electron chi connectivity index (χ4n) is 1.92. The van der Waals surface area contributed by atoms with Crippen LogP contribution in [0.2, 0.25) is 0 Å². The zero-order valence-electron chi connectivity index (χ0n) is 11.9. The van der Waals surface area contributed by atoms with Crippen molar-refractivity contribution in [2.45, 2.75) is 44.6 Å². The summed E-state index contributed by atoms with van der Waals surface area (Å²) in [7, 11) is 0. The maximum Gasteiger partial charge on any atom is 0.190 e. The number of nitrogens with two attached hydrogens (primary N) is 1. The molecule has 0 spiro atoms. The number of nitrogen functional groups attached to an aromatic ring is 1. The average Bonchev–Trinajstić information content (AvgIpc) is 2.71. The zero-order chi connectivity index (χ0) is 14.7. The minimum atomic E-state index is 0.511. The average molecular weight is 356 g/mol. The number of hydrogen-bond donors (Lipinski definition) is 1. The first-order valence-electron chi connectivity index (χ1n) is 6.53. The smallest absolute Gasteiger partial charge is 0.190 e. The van der Waals surface area contributed by atoms with Crippen LogP contribution in [-0.2, 0) is 18.7 Å². The van der Waals surface area contributed by atoms with Gasteiger partial charge in [0, 0.05) is 24.1 Å². The summed E-state index contributed by atoms with van der Waals surface area (Å²) < 4.78 is 3.12. The molecule has 0 saturated carbocycles. The number of halogens is 1. The van der Waals surface area contributed by atoms with Gasteiger partial charge < -0.3 is 5.73 Å². The number of rotatable bonds is 5. The van der Waals surface area contributed by atoms with Gasteiger partial charge in [0.05, 0.1) is 15.9 Å². The van der Waals surface area contributed by atoms with Crippen LogP contribution in [0.4, 0.5) is 5.82 Å². The minimum Gasteiger partial charge on any atom is -0.384 e. The molecule has 0 aliphatic carbocycles. The van der Waals surface area contributed by atoms with Gasteiger partial charge in [-0.15, -0.1) is 0 Å². The highest BCUT2D eigenvalue weighted by Crippen LogP contribution is 2.28. The highest BCUT2D eigenvalue weighted by atomic mass is 79.9.